The molecule has 0 unspecified atom stereocenters. The van der Waals surface area contributed by atoms with Crippen molar-refractivity contribution in [3.63, 3.8) is 0 Å². The van der Waals surface area contributed by atoms with E-state index in [1.807, 2.05) is 39.8 Å². The molecule has 0 aliphatic rings. The van der Waals surface area contributed by atoms with Crippen molar-refractivity contribution in [1.29, 1.82) is 0 Å². The Morgan fingerprint density at radius 1 is 1.53 bits per heavy atom. The highest BCUT2D eigenvalue weighted by Crippen LogP contribution is 2.25. The van der Waals surface area contributed by atoms with E-state index in [0.29, 0.717) is 18.0 Å². The molecule has 0 saturated carbocycles. The standard InChI is InChI=1S/C12H21N3O2/c1-7-15-10(9(17-6)8-13-15)11(16)12(2,3)14(4)5/h8H,7H2,1-6H3. The predicted octanol–water partition coefficient (Wildman–Crippen LogP) is 1.43. The lowest BCUT2D eigenvalue weighted by Crippen LogP contribution is -2.46. The summed E-state index contributed by atoms with van der Waals surface area (Å²) in [6.45, 7) is 6.38. The van der Waals surface area contributed by atoms with E-state index < -0.39 is 5.54 Å². The number of carbonyl (C=O) groups is 1. The largest absolute Gasteiger partial charge is 0.493 e. The van der Waals surface area contributed by atoms with Crippen LogP contribution in [-0.2, 0) is 6.54 Å². The van der Waals surface area contributed by atoms with Gasteiger partial charge in [-0.05, 0) is 34.9 Å². The van der Waals surface area contributed by atoms with E-state index in [-0.39, 0.29) is 5.78 Å². The van der Waals surface area contributed by atoms with E-state index in [1.165, 1.54) is 0 Å². The molecule has 5 heteroatoms. The molecule has 0 amide bonds. The van der Waals surface area contributed by atoms with E-state index in [2.05, 4.69) is 5.10 Å². The molecular formula is C12H21N3O2. The third-order valence-electron chi connectivity index (χ3n) is 3.21. The van der Waals surface area contributed by atoms with Crippen LogP contribution in [0.5, 0.6) is 5.75 Å². The Morgan fingerprint density at radius 2 is 2.12 bits per heavy atom. The van der Waals surface area contributed by atoms with Crippen LogP contribution in [0.25, 0.3) is 0 Å². The highest BCUT2D eigenvalue weighted by molar-refractivity contribution is 6.03. The van der Waals surface area contributed by atoms with Crippen LogP contribution in [0, 0.1) is 0 Å². The molecule has 0 aliphatic heterocycles. The van der Waals surface area contributed by atoms with Gasteiger partial charge in [-0.15, -0.1) is 0 Å². The van der Waals surface area contributed by atoms with Crippen molar-refractivity contribution >= 4 is 5.78 Å². The monoisotopic (exact) mass is 239 g/mol. The quantitative estimate of drug-likeness (QED) is 0.729. The second kappa shape index (κ2) is 4.87. The third kappa shape index (κ3) is 2.34. The zero-order valence-corrected chi connectivity index (χ0v) is 11.4. The van der Waals surface area contributed by atoms with Crippen molar-refractivity contribution in [2.75, 3.05) is 21.2 Å². The van der Waals surface area contributed by atoms with E-state index in [0.717, 1.165) is 0 Å². The Kier molecular flexibility index (Phi) is 3.93. The van der Waals surface area contributed by atoms with E-state index in [1.54, 1.807) is 18.0 Å². The van der Waals surface area contributed by atoms with Gasteiger partial charge >= 0.3 is 0 Å². The van der Waals surface area contributed by atoms with Crippen molar-refractivity contribution < 1.29 is 9.53 Å². The van der Waals surface area contributed by atoms with Crippen LogP contribution >= 0.6 is 0 Å². The summed E-state index contributed by atoms with van der Waals surface area (Å²) in [5.41, 5.74) is -0.0473. The SMILES string of the molecule is CCn1ncc(OC)c1C(=O)C(C)(C)N(C)C. The summed E-state index contributed by atoms with van der Waals surface area (Å²) in [6, 6.07) is 0. The summed E-state index contributed by atoms with van der Waals surface area (Å²) in [6.07, 6.45) is 1.59. The van der Waals surface area contributed by atoms with Gasteiger partial charge in [0.1, 0.15) is 5.69 Å². The van der Waals surface area contributed by atoms with Crippen LogP contribution in [-0.4, -0.2) is 47.2 Å². The number of likely N-dealkylation sites (N-methyl/N-ethyl adjacent to an activating group) is 1. The first-order valence-electron chi connectivity index (χ1n) is 5.68. The minimum absolute atomic E-state index is 0.0127. The van der Waals surface area contributed by atoms with Crippen LogP contribution in [0.3, 0.4) is 0 Å². The fourth-order valence-corrected chi connectivity index (χ4v) is 1.48. The summed E-state index contributed by atoms with van der Waals surface area (Å²) in [5, 5.41) is 4.15. The van der Waals surface area contributed by atoms with Crippen molar-refractivity contribution in [2.24, 2.45) is 0 Å². The number of hydrogen-bond acceptors (Lipinski definition) is 4. The zero-order chi connectivity index (χ0) is 13.2. The molecule has 1 aromatic heterocycles. The maximum atomic E-state index is 12.5. The number of nitrogens with zero attached hydrogens (tertiary/aromatic N) is 3. The Morgan fingerprint density at radius 3 is 2.53 bits per heavy atom. The molecule has 17 heavy (non-hydrogen) atoms. The van der Waals surface area contributed by atoms with Gasteiger partial charge in [-0.25, -0.2) is 0 Å². The molecule has 1 heterocycles. The second-order valence-electron chi connectivity index (χ2n) is 4.66. The van der Waals surface area contributed by atoms with Gasteiger partial charge in [-0.2, -0.15) is 5.10 Å². The zero-order valence-electron chi connectivity index (χ0n) is 11.4. The minimum atomic E-state index is -0.583. The maximum Gasteiger partial charge on any atom is 0.204 e. The van der Waals surface area contributed by atoms with E-state index in [4.69, 9.17) is 4.74 Å². The summed E-state index contributed by atoms with van der Waals surface area (Å²) in [4.78, 5) is 14.4. The predicted molar refractivity (Wildman–Crippen MR) is 66.5 cm³/mol. The van der Waals surface area contributed by atoms with Crippen LogP contribution in [0.2, 0.25) is 0 Å². The molecule has 0 atom stereocenters. The molecule has 0 aliphatic carbocycles. The fourth-order valence-electron chi connectivity index (χ4n) is 1.48. The highest BCUT2D eigenvalue weighted by Gasteiger charge is 2.35. The van der Waals surface area contributed by atoms with Crippen LogP contribution < -0.4 is 4.74 Å². The summed E-state index contributed by atoms with van der Waals surface area (Å²) >= 11 is 0. The van der Waals surface area contributed by atoms with Crippen LogP contribution in [0.4, 0.5) is 0 Å². The Labute approximate surface area is 102 Å². The minimum Gasteiger partial charge on any atom is -0.493 e. The molecular weight excluding hydrogens is 218 g/mol. The number of rotatable bonds is 5. The number of ether oxygens (including phenoxy) is 1. The van der Waals surface area contributed by atoms with Crippen LogP contribution in [0.1, 0.15) is 31.3 Å². The lowest BCUT2D eigenvalue weighted by Gasteiger charge is -2.31. The van der Waals surface area contributed by atoms with E-state index >= 15 is 0 Å². The van der Waals surface area contributed by atoms with Gasteiger partial charge in [0.15, 0.2) is 5.75 Å². The first-order chi connectivity index (χ1) is 7.86. The highest BCUT2D eigenvalue weighted by atomic mass is 16.5. The Balaban J connectivity index is 3.24. The topological polar surface area (TPSA) is 47.4 Å². The number of aryl methyl sites for hydroxylation is 1. The van der Waals surface area contributed by atoms with Gasteiger partial charge in [-0.1, -0.05) is 0 Å². The first-order valence-corrected chi connectivity index (χ1v) is 5.68. The smallest absolute Gasteiger partial charge is 0.204 e. The average Bonchev–Trinajstić information content (AvgIpc) is 2.69. The lowest BCUT2D eigenvalue weighted by molar-refractivity contribution is 0.0740. The molecule has 0 fully saturated rings. The molecule has 5 nitrogen and oxygen atoms in total. The number of ketones is 1. The molecule has 1 rings (SSSR count). The average molecular weight is 239 g/mol. The van der Waals surface area contributed by atoms with Gasteiger partial charge in [0, 0.05) is 6.54 Å². The first kappa shape index (κ1) is 13.7. The molecule has 0 aromatic carbocycles. The fraction of sp³-hybridized carbons (Fsp3) is 0.667. The van der Waals surface area contributed by atoms with E-state index in [9.17, 15) is 4.79 Å². The van der Waals surface area contributed by atoms with Crippen molar-refractivity contribution in [3.05, 3.63) is 11.9 Å². The summed E-state index contributed by atoms with van der Waals surface area (Å²) in [7, 11) is 5.32. The second-order valence-corrected chi connectivity index (χ2v) is 4.66. The number of hydrogen-bond donors (Lipinski definition) is 0. The number of carbonyl (C=O) groups excluding carboxylic acids is 1. The molecule has 1 aromatic rings. The Bertz CT molecular complexity index is 386. The lowest BCUT2D eigenvalue weighted by atomic mass is 9.95. The van der Waals surface area contributed by atoms with Crippen molar-refractivity contribution in [2.45, 2.75) is 32.9 Å². The van der Waals surface area contributed by atoms with Gasteiger partial charge in [0.25, 0.3) is 0 Å². The number of methoxy groups -OCH3 is 1. The Hall–Kier alpha value is -1.36. The van der Waals surface area contributed by atoms with Crippen molar-refractivity contribution in [1.82, 2.24) is 14.7 Å². The van der Waals surface area contributed by atoms with Gasteiger partial charge < -0.3 is 4.74 Å². The van der Waals surface area contributed by atoms with Gasteiger partial charge in [0.2, 0.25) is 5.78 Å². The number of aromatic nitrogens is 2. The molecule has 0 spiro atoms. The maximum absolute atomic E-state index is 12.5. The molecule has 0 bridgehead atoms. The summed E-state index contributed by atoms with van der Waals surface area (Å²) in [5.74, 6) is 0.547. The number of Topliss-reactive ketones (excluding diaryl/α,β-unsaturated/α-hetero) is 1. The van der Waals surface area contributed by atoms with Crippen LogP contribution in [0.15, 0.2) is 6.20 Å². The van der Waals surface area contributed by atoms with Gasteiger partial charge in [-0.3, -0.25) is 14.4 Å². The van der Waals surface area contributed by atoms with Gasteiger partial charge in [0.05, 0.1) is 18.8 Å². The molecule has 0 saturated heterocycles. The molecule has 0 N–H and O–H groups in total. The van der Waals surface area contributed by atoms with Crippen molar-refractivity contribution in [3.8, 4) is 5.75 Å². The molecule has 0 radical (unpaired) electrons. The molecule has 96 valence electrons. The third-order valence-corrected chi connectivity index (χ3v) is 3.21. The summed E-state index contributed by atoms with van der Waals surface area (Å²) < 4.78 is 6.87. The normalized spacial score (nSPS) is 11.9.